The highest BCUT2D eigenvalue weighted by atomic mass is 79.9. The highest BCUT2D eigenvalue weighted by Crippen LogP contribution is 2.33. The van der Waals surface area contributed by atoms with Gasteiger partial charge < -0.3 is 5.32 Å². The first-order valence-electron chi connectivity index (χ1n) is 6.68. The average Bonchev–Trinajstić information content (AvgIpc) is 2.46. The molecule has 0 bridgehead atoms. The number of nitrogens with one attached hydrogen (secondary N) is 1. The van der Waals surface area contributed by atoms with Crippen LogP contribution in [0.4, 0.5) is 0 Å². The Hall–Kier alpha value is -0.910. The van der Waals surface area contributed by atoms with Crippen molar-refractivity contribution in [2.24, 2.45) is 0 Å². The highest BCUT2D eigenvalue weighted by Gasteiger charge is 2.12. The standard InChI is InChI=1S/C15H18BrN3S/c1-3-7-17-11(2)13-6-5-12(16)10-14(13)20-15-18-8-4-9-19-15/h4-6,8-11,17H,3,7H2,1-2H3. The monoisotopic (exact) mass is 351 g/mol. The van der Waals surface area contributed by atoms with Crippen LogP contribution >= 0.6 is 27.7 Å². The van der Waals surface area contributed by atoms with Gasteiger partial charge in [0.15, 0.2) is 5.16 Å². The van der Waals surface area contributed by atoms with Gasteiger partial charge in [-0.15, -0.1) is 0 Å². The molecular formula is C15H18BrN3S. The Bertz CT molecular complexity index is 548. The molecule has 1 heterocycles. The summed E-state index contributed by atoms with van der Waals surface area (Å²) in [5.41, 5.74) is 1.28. The number of hydrogen-bond acceptors (Lipinski definition) is 4. The van der Waals surface area contributed by atoms with Gasteiger partial charge in [0.05, 0.1) is 0 Å². The molecule has 0 saturated carbocycles. The molecular weight excluding hydrogens is 334 g/mol. The lowest BCUT2D eigenvalue weighted by molar-refractivity contribution is 0.563. The number of hydrogen-bond donors (Lipinski definition) is 1. The number of aromatic nitrogens is 2. The average molecular weight is 352 g/mol. The summed E-state index contributed by atoms with van der Waals surface area (Å²) in [6, 6.07) is 8.50. The zero-order valence-electron chi connectivity index (χ0n) is 11.6. The number of halogens is 1. The fraction of sp³-hybridized carbons (Fsp3) is 0.333. The van der Waals surface area contributed by atoms with Crippen LogP contribution < -0.4 is 5.32 Å². The summed E-state index contributed by atoms with van der Waals surface area (Å²) >= 11 is 5.13. The van der Waals surface area contributed by atoms with Gasteiger partial charge in [-0.3, -0.25) is 0 Å². The van der Waals surface area contributed by atoms with E-state index in [2.05, 4.69) is 63.3 Å². The van der Waals surface area contributed by atoms with Crippen molar-refractivity contribution in [2.75, 3.05) is 6.54 Å². The molecule has 0 spiro atoms. The molecule has 1 aromatic carbocycles. The minimum Gasteiger partial charge on any atom is -0.310 e. The lowest BCUT2D eigenvalue weighted by Gasteiger charge is -2.17. The van der Waals surface area contributed by atoms with Crippen LogP contribution in [0.25, 0.3) is 0 Å². The second-order valence-electron chi connectivity index (χ2n) is 4.49. The van der Waals surface area contributed by atoms with E-state index in [1.807, 2.05) is 6.07 Å². The quantitative estimate of drug-likeness (QED) is 0.780. The summed E-state index contributed by atoms with van der Waals surface area (Å²) in [6.07, 6.45) is 4.67. The van der Waals surface area contributed by atoms with Crippen LogP contribution in [0.15, 0.2) is 51.2 Å². The van der Waals surface area contributed by atoms with Crippen LogP contribution in [0.1, 0.15) is 31.9 Å². The van der Waals surface area contributed by atoms with Crippen LogP contribution in [-0.2, 0) is 0 Å². The third-order valence-corrected chi connectivity index (χ3v) is 4.35. The van der Waals surface area contributed by atoms with Gasteiger partial charge in [-0.05, 0) is 55.4 Å². The highest BCUT2D eigenvalue weighted by molar-refractivity contribution is 9.10. The predicted molar refractivity (Wildman–Crippen MR) is 87.0 cm³/mol. The Kier molecular flexibility index (Phi) is 6.01. The van der Waals surface area contributed by atoms with Crippen LogP contribution in [0.2, 0.25) is 0 Å². The maximum absolute atomic E-state index is 4.28. The van der Waals surface area contributed by atoms with Crippen LogP contribution in [-0.4, -0.2) is 16.5 Å². The molecule has 106 valence electrons. The number of benzene rings is 1. The first-order chi connectivity index (χ1) is 9.70. The Balaban J connectivity index is 2.24. The molecule has 0 radical (unpaired) electrons. The molecule has 0 saturated heterocycles. The summed E-state index contributed by atoms with van der Waals surface area (Å²) < 4.78 is 1.07. The van der Waals surface area contributed by atoms with Crippen molar-refractivity contribution in [1.29, 1.82) is 0 Å². The van der Waals surface area contributed by atoms with E-state index in [4.69, 9.17) is 0 Å². The second-order valence-corrected chi connectivity index (χ2v) is 6.42. The lowest BCUT2D eigenvalue weighted by Crippen LogP contribution is -2.19. The molecule has 0 aliphatic heterocycles. The fourth-order valence-corrected chi connectivity index (χ4v) is 3.35. The summed E-state index contributed by atoms with van der Waals surface area (Å²) in [7, 11) is 0. The molecule has 20 heavy (non-hydrogen) atoms. The van der Waals surface area contributed by atoms with Crippen molar-refractivity contribution in [2.45, 2.75) is 36.4 Å². The molecule has 3 nitrogen and oxygen atoms in total. The van der Waals surface area contributed by atoms with E-state index >= 15 is 0 Å². The van der Waals surface area contributed by atoms with Gasteiger partial charge in [-0.1, -0.05) is 28.9 Å². The predicted octanol–water partition coefficient (Wildman–Crippen LogP) is 4.45. The number of rotatable bonds is 6. The van der Waals surface area contributed by atoms with Gasteiger partial charge in [0, 0.05) is 27.8 Å². The van der Waals surface area contributed by atoms with Crippen LogP contribution in [0, 0.1) is 0 Å². The molecule has 1 aromatic heterocycles. The van der Waals surface area contributed by atoms with Crippen LogP contribution in [0.5, 0.6) is 0 Å². The topological polar surface area (TPSA) is 37.8 Å². The van der Waals surface area contributed by atoms with Crippen molar-refractivity contribution < 1.29 is 0 Å². The van der Waals surface area contributed by atoms with Gasteiger partial charge in [0.2, 0.25) is 0 Å². The third-order valence-electron chi connectivity index (χ3n) is 2.89. The third kappa shape index (κ3) is 4.30. The van der Waals surface area contributed by atoms with Gasteiger partial charge >= 0.3 is 0 Å². The Morgan fingerprint density at radius 1 is 1.30 bits per heavy atom. The van der Waals surface area contributed by atoms with Crippen molar-refractivity contribution in [3.05, 3.63) is 46.7 Å². The van der Waals surface area contributed by atoms with Gasteiger partial charge in [-0.25, -0.2) is 9.97 Å². The molecule has 0 fully saturated rings. The molecule has 1 N–H and O–H groups in total. The van der Waals surface area contributed by atoms with Crippen molar-refractivity contribution >= 4 is 27.7 Å². The Morgan fingerprint density at radius 3 is 2.75 bits per heavy atom. The SMILES string of the molecule is CCCNC(C)c1ccc(Br)cc1Sc1ncccn1. The van der Waals surface area contributed by atoms with Crippen LogP contribution in [0.3, 0.4) is 0 Å². The molecule has 0 aliphatic rings. The van der Waals surface area contributed by atoms with E-state index in [-0.39, 0.29) is 0 Å². The van der Waals surface area contributed by atoms with E-state index in [9.17, 15) is 0 Å². The number of nitrogens with zero attached hydrogens (tertiary/aromatic N) is 2. The summed E-state index contributed by atoms with van der Waals surface area (Å²) in [5.74, 6) is 0. The molecule has 2 aromatic rings. The largest absolute Gasteiger partial charge is 0.310 e. The summed E-state index contributed by atoms with van der Waals surface area (Å²) in [6.45, 7) is 5.38. The van der Waals surface area contributed by atoms with E-state index in [1.165, 1.54) is 10.5 Å². The Morgan fingerprint density at radius 2 is 2.05 bits per heavy atom. The smallest absolute Gasteiger partial charge is 0.192 e. The first-order valence-corrected chi connectivity index (χ1v) is 8.29. The normalized spacial score (nSPS) is 12.3. The second kappa shape index (κ2) is 7.76. The van der Waals surface area contributed by atoms with E-state index in [0.29, 0.717) is 6.04 Å². The molecule has 1 unspecified atom stereocenters. The van der Waals surface area contributed by atoms with E-state index in [0.717, 1.165) is 22.6 Å². The minimum absolute atomic E-state index is 0.314. The summed E-state index contributed by atoms with van der Waals surface area (Å²) in [5, 5.41) is 4.30. The summed E-state index contributed by atoms with van der Waals surface area (Å²) in [4.78, 5) is 9.75. The fourth-order valence-electron chi connectivity index (χ4n) is 1.86. The van der Waals surface area contributed by atoms with E-state index in [1.54, 1.807) is 24.2 Å². The van der Waals surface area contributed by atoms with Crippen molar-refractivity contribution in [3.8, 4) is 0 Å². The molecule has 0 aliphatic carbocycles. The van der Waals surface area contributed by atoms with Gasteiger partial charge in [0.1, 0.15) is 0 Å². The zero-order chi connectivity index (χ0) is 14.4. The molecule has 2 rings (SSSR count). The molecule has 5 heteroatoms. The van der Waals surface area contributed by atoms with Crippen molar-refractivity contribution in [1.82, 2.24) is 15.3 Å². The Labute approximate surface area is 132 Å². The van der Waals surface area contributed by atoms with Gasteiger partial charge in [-0.2, -0.15) is 0 Å². The zero-order valence-corrected chi connectivity index (χ0v) is 14.0. The van der Waals surface area contributed by atoms with Crippen molar-refractivity contribution in [3.63, 3.8) is 0 Å². The maximum atomic E-state index is 4.28. The van der Waals surface area contributed by atoms with Gasteiger partial charge in [0.25, 0.3) is 0 Å². The minimum atomic E-state index is 0.314. The lowest BCUT2D eigenvalue weighted by atomic mass is 10.1. The van der Waals surface area contributed by atoms with E-state index < -0.39 is 0 Å². The maximum Gasteiger partial charge on any atom is 0.192 e. The first kappa shape index (κ1) is 15.5. The molecule has 0 amide bonds. The molecule has 1 atom stereocenters.